The molecule has 1 saturated carbocycles. The van der Waals surface area contributed by atoms with Gasteiger partial charge in [0.1, 0.15) is 0 Å². The van der Waals surface area contributed by atoms with Crippen molar-refractivity contribution in [3.63, 3.8) is 0 Å². The fourth-order valence-electron chi connectivity index (χ4n) is 2.93. The van der Waals surface area contributed by atoms with Crippen LogP contribution in [0.3, 0.4) is 0 Å². The number of carbonyl (C=O) groups excluding carboxylic acids is 3. The van der Waals surface area contributed by atoms with Crippen LogP contribution in [0.25, 0.3) is 5.69 Å². The molecule has 0 aliphatic heterocycles. The van der Waals surface area contributed by atoms with E-state index in [-0.39, 0.29) is 17.7 Å². The van der Waals surface area contributed by atoms with Crippen LogP contribution in [0.1, 0.15) is 32.6 Å². The van der Waals surface area contributed by atoms with E-state index in [9.17, 15) is 14.4 Å². The smallest absolute Gasteiger partial charge is 0.321 e. The maximum atomic E-state index is 12.0. The van der Waals surface area contributed by atoms with Gasteiger partial charge in [0.05, 0.1) is 11.4 Å². The van der Waals surface area contributed by atoms with E-state index >= 15 is 0 Å². The van der Waals surface area contributed by atoms with Gasteiger partial charge in [0.15, 0.2) is 0 Å². The third-order valence-corrected chi connectivity index (χ3v) is 5.05. The minimum atomic E-state index is -0.472. The average molecular weight is 403 g/mol. The van der Waals surface area contributed by atoms with Crippen molar-refractivity contribution in [1.29, 1.82) is 0 Å². The third kappa shape index (κ3) is 5.52. The highest BCUT2D eigenvalue weighted by molar-refractivity contribution is 7.99. The van der Waals surface area contributed by atoms with Gasteiger partial charge in [-0.05, 0) is 41.5 Å². The number of urea groups is 1. The first kappa shape index (κ1) is 19.8. The summed E-state index contributed by atoms with van der Waals surface area (Å²) < 4.78 is 1.46. The number of anilines is 1. The Labute approximate surface area is 165 Å². The zero-order valence-electron chi connectivity index (χ0n) is 15.3. The molecule has 10 nitrogen and oxygen atoms in total. The van der Waals surface area contributed by atoms with Crippen LogP contribution in [0.2, 0.25) is 0 Å². The second-order valence-corrected chi connectivity index (χ2v) is 7.34. The fourth-order valence-corrected chi connectivity index (χ4v) is 3.62. The van der Waals surface area contributed by atoms with Crippen molar-refractivity contribution in [1.82, 2.24) is 30.8 Å². The standard InChI is InChI=1S/C17H21N7O3S/c1-11(25)18-13-7-4-8-14(9-13)24-17(21-22-23-24)28-10-15(26)20-16(27)19-12-5-2-3-6-12/h4,7-9,12H,2-3,5-6,10H2,1H3,(H,18,25)(H2,19,20,26,27). The molecule has 1 aliphatic rings. The highest BCUT2D eigenvalue weighted by Gasteiger charge is 2.19. The van der Waals surface area contributed by atoms with Gasteiger partial charge in [0.25, 0.3) is 0 Å². The number of tetrazole rings is 1. The van der Waals surface area contributed by atoms with E-state index in [1.54, 1.807) is 24.3 Å². The molecule has 1 fully saturated rings. The number of rotatable bonds is 6. The SMILES string of the molecule is CC(=O)Nc1cccc(-n2nnnc2SCC(=O)NC(=O)NC2CCCC2)c1. The molecule has 1 heterocycles. The Morgan fingerprint density at radius 1 is 1.25 bits per heavy atom. The van der Waals surface area contributed by atoms with Gasteiger partial charge in [-0.3, -0.25) is 14.9 Å². The summed E-state index contributed by atoms with van der Waals surface area (Å²) in [7, 11) is 0. The normalized spacial score (nSPS) is 13.9. The lowest BCUT2D eigenvalue weighted by Gasteiger charge is -2.12. The summed E-state index contributed by atoms with van der Waals surface area (Å²) in [5, 5.41) is 19.7. The highest BCUT2D eigenvalue weighted by Crippen LogP contribution is 2.20. The van der Waals surface area contributed by atoms with Crippen molar-refractivity contribution in [3.05, 3.63) is 24.3 Å². The largest absolute Gasteiger partial charge is 0.335 e. The van der Waals surface area contributed by atoms with E-state index in [0.717, 1.165) is 37.4 Å². The van der Waals surface area contributed by atoms with Crippen LogP contribution in [-0.4, -0.2) is 49.8 Å². The Morgan fingerprint density at radius 3 is 2.79 bits per heavy atom. The molecule has 1 aromatic heterocycles. The van der Waals surface area contributed by atoms with Crippen LogP contribution in [0.5, 0.6) is 0 Å². The number of hydrogen-bond donors (Lipinski definition) is 3. The second kappa shape index (κ2) is 9.31. The summed E-state index contributed by atoms with van der Waals surface area (Å²) in [5.74, 6) is -0.623. The molecule has 4 amide bonds. The van der Waals surface area contributed by atoms with E-state index in [4.69, 9.17) is 0 Å². The van der Waals surface area contributed by atoms with Gasteiger partial charge >= 0.3 is 6.03 Å². The quantitative estimate of drug-likeness (QED) is 0.623. The Bertz CT molecular complexity index is 864. The van der Waals surface area contributed by atoms with E-state index in [1.165, 1.54) is 11.6 Å². The lowest BCUT2D eigenvalue weighted by Crippen LogP contribution is -2.44. The molecular formula is C17H21N7O3S. The monoisotopic (exact) mass is 403 g/mol. The molecule has 1 aliphatic carbocycles. The number of carbonyl (C=O) groups is 3. The Balaban J connectivity index is 1.56. The van der Waals surface area contributed by atoms with E-state index < -0.39 is 11.9 Å². The molecule has 2 aromatic rings. The van der Waals surface area contributed by atoms with Crippen molar-refractivity contribution in [3.8, 4) is 5.69 Å². The predicted molar refractivity (Wildman–Crippen MR) is 103 cm³/mol. The average Bonchev–Trinajstić information content (AvgIpc) is 3.31. The second-order valence-electron chi connectivity index (χ2n) is 6.40. The zero-order chi connectivity index (χ0) is 19.9. The number of nitrogens with zero attached hydrogens (tertiary/aromatic N) is 4. The van der Waals surface area contributed by atoms with Gasteiger partial charge in [-0.1, -0.05) is 30.7 Å². The molecule has 1 aromatic carbocycles. The molecule has 0 radical (unpaired) electrons. The van der Waals surface area contributed by atoms with Crippen LogP contribution in [0.15, 0.2) is 29.4 Å². The maximum absolute atomic E-state index is 12.0. The van der Waals surface area contributed by atoms with Crippen molar-refractivity contribution < 1.29 is 14.4 Å². The van der Waals surface area contributed by atoms with Gasteiger partial charge in [-0.15, -0.1) is 5.10 Å². The molecule has 0 spiro atoms. The minimum absolute atomic E-state index is 0.0101. The molecule has 148 valence electrons. The third-order valence-electron chi connectivity index (χ3n) is 4.13. The first-order valence-electron chi connectivity index (χ1n) is 8.91. The lowest BCUT2D eigenvalue weighted by atomic mass is 10.2. The van der Waals surface area contributed by atoms with Gasteiger partial charge in [0, 0.05) is 18.7 Å². The van der Waals surface area contributed by atoms with Gasteiger partial charge in [-0.25, -0.2) is 4.79 Å². The molecule has 3 N–H and O–H groups in total. The zero-order valence-corrected chi connectivity index (χ0v) is 16.2. The Morgan fingerprint density at radius 2 is 2.04 bits per heavy atom. The molecule has 28 heavy (non-hydrogen) atoms. The summed E-state index contributed by atoms with van der Waals surface area (Å²) in [5.41, 5.74) is 1.25. The number of benzene rings is 1. The molecule has 0 bridgehead atoms. The van der Waals surface area contributed by atoms with Crippen LogP contribution >= 0.6 is 11.8 Å². The molecular weight excluding hydrogens is 382 g/mol. The van der Waals surface area contributed by atoms with Crippen LogP contribution < -0.4 is 16.0 Å². The predicted octanol–water partition coefficient (Wildman–Crippen LogP) is 1.48. The molecule has 0 atom stereocenters. The summed E-state index contributed by atoms with van der Waals surface area (Å²) in [4.78, 5) is 35.1. The lowest BCUT2D eigenvalue weighted by molar-refractivity contribution is -0.117. The first-order chi connectivity index (χ1) is 13.5. The summed E-state index contributed by atoms with van der Waals surface area (Å²) in [6, 6.07) is 6.68. The molecule has 11 heteroatoms. The van der Waals surface area contributed by atoms with E-state index in [1.807, 2.05) is 0 Å². The maximum Gasteiger partial charge on any atom is 0.321 e. The van der Waals surface area contributed by atoms with Crippen LogP contribution in [-0.2, 0) is 9.59 Å². The summed E-state index contributed by atoms with van der Waals surface area (Å²) >= 11 is 1.11. The van der Waals surface area contributed by atoms with E-state index in [0.29, 0.717) is 16.5 Å². The van der Waals surface area contributed by atoms with Crippen LogP contribution in [0, 0.1) is 0 Å². The van der Waals surface area contributed by atoms with E-state index in [2.05, 4.69) is 31.5 Å². The summed E-state index contributed by atoms with van der Waals surface area (Å²) in [6.07, 6.45) is 4.09. The van der Waals surface area contributed by atoms with Crippen molar-refractivity contribution in [2.75, 3.05) is 11.1 Å². The highest BCUT2D eigenvalue weighted by atomic mass is 32.2. The van der Waals surface area contributed by atoms with Crippen molar-refractivity contribution in [2.45, 2.75) is 43.8 Å². The van der Waals surface area contributed by atoms with Crippen molar-refractivity contribution >= 4 is 35.3 Å². The minimum Gasteiger partial charge on any atom is -0.335 e. The topological polar surface area (TPSA) is 131 Å². The number of imide groups is 1. The number of aromatic nitrogens is 4. The number of hydrogen-bond acceptors (Lipinski definition) is 7. The first-order valence-corrected chi connectivity index (χ1v) is 9.89. The summed E-state index contributed by atoms with van der Waals surface area (Å²) in [6.45, 7) is 1.42. The van der Waals surface area contributed by atoms with Gasteiger partial charge in [0.2, 0.25) is 17.0 Å². The van der Waals surface area contributed by atoms with Crippen molar-refractivity contribution in [2.24, 2.45) is 0 Å². The van der Waals surface area contributed by atoms with Crippen LogP contribution in [0.4, 0.5) is 10.5 Å². The Kier molecular flexibility index (Phi) is 6.58. The number of thioether (sulfide) groups is 1. The fraction of sp³-hybridized carbons (Fsp3) is 0.412. The molecule has 0 saturated heterocycles. The number of amides is 4. The Hall–Kier alpha value is -2.95. The molecule has 0 unspecified atom stereocenters. The van der Waals surface area contributed by atoms with Gasteiger partial charge in [-0.2, -0.15) is 4.68 Å². The van der Waals surface area contributed by atoms with Gasteiger partial charge < -0.3 is 10.6 Å². The molecule has 3 rings (SSSR count). The number of nitrogens with one attached hydrogen (secondary N) is 3.